The van der Waals surface area contributed by atoms with Crippen LogP contribution in [0.15, 0.2) is 0 Å². The lowest BCUT2D eigenvalue weighted by Crippen LogP contribution is -2.34. The van der Waals surface area contributed by atoms with Gasteiger partial charge in [0.2, 0.25) is 0 Å². The summed E-state index contributed by atoms with van der Waals surface area (Å²) in [6, 6.07) is -1.47. The lowest BCUT2D eigenvalue weighted by molar-refractivity contribution is -0.154. The zero-order valence-corrected chi connectivity index (χ0v) is 38.1. The second kappa shape index (κ2) is 43.1. The largest absolute Gasteiger partial charge is 0.480 e. The quantitative estimate of drug-likeness (QED) is 0.0306. The van der Waals surface area contributed by atoms with Gasteiger partial charge in [-0.2, -0.15) is 0 Å². The van der Waals surface area contributed by atoms with Gasteiger partial charge in [0, 0.05) is 13.0 Å². The van der Waals surface area contributed by atoms with Gasteiger partial charge in [0.05, 0.1) is 19.8 Å². The lowest BCUT2D eigenvalue weighted by Gasteiger charge is -2.20. The molecule has 0 aromatic heterocycles. The van der Waals surface area contributed by atoms with Crippen molar-refractivity contribution in [2.75, 3.05) is 26.4 Å². The molecule has 0 bridgehead atoms. The number of hydrogen-bond acceptors (Lipinski definition) is 8. The lowest BCUT2D eigenvalue weighted by atomic mass is 10.0. The summed E-state index contributed by atoms with van der Waals surface area (Å²) in [5.74, 6) is -1.76. The Morgan fingerprint density at radius 2 is 0.807 bits per heavy atom. The van der Waals surface area contributed by atoms with Crippen molar-refractivity contribution in [3.8, 4) is 0 Å². The predicted octanol–water partition coefficient (Wildman–Crippen LogP) is 13.5. The van der Waals surface area contributed by atoms with Crippen LogP contribution in [0.5, 0.6) is 0 Å². The van der Waals surface area contributed by atoms with Crippen molar-refractivity contribution in [1.82, 2.24) is 0 Å². The van der Waals surface area contributed by atoms with Gasteiger partial charge in [-0.1, -0.05) is 226 Å². The molecule has 0 aliphatic carbocycles. The summed E-state index contributed by atoms with van der Waals surface area (Å²) >= 11 is 0. The highest BCUT2D eigenvalue weighted by Gasteiger charge is 2.27. The Morgan fingerprint density at radius 1 is 0.491 bits per heavy atom. The number of hydrogen-bond donors (Lipinski definition) is 3. The van der Waals surface area contributed by atoms with E-state index < -0.39 is 45.1 Å². The first-order valence-electron chi connectivity index (χ1n) is 24.1. The Morgan fingerprint density at radius 3 is 1.16 bits per heavy atom. The van der Waals surface area contributed by atoms with Crippen LogP contribution in [-0.4, -0.2) is 60.5 Å². The Hall–Kier alpha value is -1.03. The molecule has 11 heteroatoms. The van der Waals surface area contributed by atoms with E-state index >= 15 is 0 Å². The third kappa shape index (κ3) is 42.9. The van der Waals surface area contributed by atoms with Gasteiger partial charge in [0.1, 0.15) is 12.1 Å². The van der Waals surface area contributed by atoms with Crippen molar-refractivity contribution in [3.63, 3.8) is 0 Å². The number of phosphoric acid groups is 1. The van der Waals surface area contributed by atoms with Crippen LogP contribution in [0.3, 0.4) is 0 Å². The molecule has 0 aliphatic rings. The van der Waals surface area contributed by atoms with Crippen molar-refractivity contribution in [2.45, 2.75) is 257 Å². The summed E-state index contributed by atoms with van der Waals surface area (Å²) in [4.78, 5) is 33.6. The van der Waals surface area contributed by atoms with E-state index in [0.717, 1.165) is 38.5 Å². The highest BCUT2D eigenvalue weighted by Crippen LogP contribution is 2.43. The van der Waals surface area contributed by atoms with Crippen LogP contribution in [0.1, 0.15) is 245 Å². The van der Waals surface area contributed by atoms with Crippen LogP contribution < -0.4 is 5.73 Å². The Kier molecular flexibility index (Phi) is 42.3. The average Bonchev–Trinajstić information content (AvgIpc) is 3.19. The topological polar surface area (TPSA) is 155 Å². The van der Waals surface area contributed by atoms with Crippen LogP contribution in [0.25, 0.3) is 0 Å². The minimum atomic E-state index is -4.61. The van der Waals surface area contributed by atoms with E-state index in [-0.39, 0.29) is 13.0 Å². The standard InChI is InChI=1S/C46H92NO9P/c1-3-5-7-9-11-13-15-17-18-19-20-21-22-23-24-25-26-28-30-32-34-36-38-45(48)56-43(41-54-57(51,52)55-42-44(47)46(49)50)40-53-39-37-35-33-31-29-27-16-14-12-10-8-6-4-2/h43-44H,3-42,47H2,1-2H3,(H,49,50)(H,51,52). The van der Waals surface area contributed by atoms with Crippen LogP contribution >= 0.6 is 7.82 Å². The smallest absolute Gasteiger partial charge is 0.472 e. The molecule has 3 atom stereocenters. The highest BCUT2D eigenvalue weighted by atomic mass is 31.2. The van der Waals surface area contributed by atoms with Crippen LogP contribution in [0.4, 0.5) is 0 Å². The first kappa shape index (κ1) is 56.0. The molecule has 0 radical (unpaired) electrons. The molecule has 10 nitrogen and oxygen atoms in total. The predicted molar refractivity (Wildman–Crippen MR) is 236 cm³/mol. The molecule has 4 N–H and O–H groups in total. The van der Waals surface area contributed by atoms with Crippen molar-refractivity contribution < 1.29 is 42.7 Å². The number of unbranched alkanes of at least 4 members (excludes halogenated alkanes) is 33. The number of esters is 1. The molecule has 0 heterocycles. The van der Waals surface area contributed by atoms with Crippen LogP contribution in [-0.2, 0) is 32.7 Å². The molecular weight excluding hydrogens is 741 g/mol. The molecule has 0 saturated heterocycles. The first-order valence-corrected chi connectivity index (χ1v) is 25.6. The third-order valence-corrected chi connectivity index (χ3v) is 11.8. The molecule has 0 rings (SSSR count). The van der Waals surface area contributed by atoms with E-state index in [4.69, 9.17) is 29.4 Å². The van der Waals surface area contributed by atoms with E-state index in [1.807, 2.05) is 0 Å². The minimum Gasteiger partial charge on any atom is -0.480 e. The van der Waals surface area contributed by atoms with E-state index in [1.54, 1.807) is 0 Å². The van der Waals surface area contributed by atoms with E-state index in [0.29, 0.717) is 6.61 Å². The van der Waals surface area contributed by atoms with Gasteiger partial charge in [-0.15, -0.1) is 0 Å². The fourth-order valence-electron chi connectivity index (χ4n) is 7.14. The van der Waals surface area contributed by atoms with E-state index in [1.165, 1.54) is 186 Å². The highest BCUT2D eigenvalue weighted by molar-refractivity contribution is 7.47. The molecule has 0 fully saturated rings. The molecule has 0 amide bonds. The minimum absolute atomic E-state index is 0.0258. The van der Waals surface area contributed by atoms with Crippen molar-refractivity contribution >= 4 is 19.8 Å². The summed E-state index contributed by atoms with van der Waals surface area (Å²) in [7, 11) is -4.61. The number of ether oxygens (including phenoxy) is 2. The molecule has 0 aromatic rings. The summed E-state index contributed by atoms with van der Waals surface area (Å²) in [6.45, 7) is 3.94. The molecule has 0 spiro atoms. The zero-order valence-electron chi connectivity index (χ0n) is 37.2. The number of carbonyl (C=O) groups excluding carboxylic acids is 1. The zero-order chi connectivity index (χ0) is 41.9. The van der Waals surface area contributed by atoms with Crippen molar-refractivity contribution in [3.05, 3.63) is 0 Å². The number of carbonyl (C=O) groups is 2. The monoisotopic (exact) mass is 834 g/mol. The van der Waals surface area contributed by atoms with Crippen molar-refractivity contribution in [2.24, 2.45) is 5.73 Å². The molecular formula is C46H92NO9P. The van der Waals surface area contributed by atoms with Crippen LogP contribution in [0.2, 0.25) is 0 Å². The molecule has 340 valence electrons. The molecule has 0 aliphatic heterocycles. The second-order valence-electron chi connectivity index (χ2n) is 16.6. The number of nitrogens with two attached hydrogens (primary N) is 1. The average molecular weight is 834 g/mol. The van der Waals surface area contributed by atoms with Crippen LogP contribution in [0, 0.1) is 0 Å². The Balaban J connectivity index is 4.07. The van der Waals surface area contributed by atoms with Gasteiger partial charge in [0.25, 0.3) is 0 Å². The molecule has 0 saturated carbocycles. The number of carboxylic acid groups (broad SMARTS) is 1. The maximum Gasteiger partial charge on any atom is 0.472 e. The van der Waals surface area contributed by atoms with E-state index in [2.05, 4.69) is 13.8 Å². The third-order valence-electron chi connectivity index (χ3n) is 10.9. The normalized spacial score (nSPS) is 13.8. The molecule has 0 aromatic carbocycles. The van der Waals surface area contributed by atoms with Gasteiger partial charge in [-0.05, 0) is 12.8 Å². The van der Waals surface area contributed by atoms with E-state index in [9.17, 15) is 19.0 Å². The summed E-state index contributed by atoms with van der Waals surface area (Å²) in [5, 5.41) is 8.90. The number of phosphoric ester groups is 1. The maximum atomic E-state index is 12.7. The summed E-state index contributed by atoms with van der Waals surface area (Å²) in [6.07, 6.45) is 44.4. The molecule has 57 heavy (non-hydrogen) atoms. The van der Waals surface area contributed by atoms with Gasteiger partial charge < -0.3 is 25.2 Å². The second-order valence-corrected chi connectivity index (χ2v) is 18.1. The number of carboxylic acids is 1. The fourth-order valence-corrected chi connectivity index (χ4v) is 7.91. The SMILES string of the molecule is CCCCCCCCCCCCCCCCCCCCCCCCC(=O)OC(COCCCCCCCCCCCCCCC)COP(=O)(O)OCC(N)C(=O)O. The Bertz CT molecular complexity index is 924. The van der Waals surface area contributed by atoms with Gasteiger partial charge in [0.15, 0.2) is 0 Å². The fraction of sp³-hybridized carbons (Fsp3) is 0.957. The van der Waals surface area contributed by atoms with Gasteiger partial charge >= 0.3 is 19.8 Å². The van der Waals surface area contributed by atoms with Gasteiger partial charge in [-0.3, -0.25) is 18.6 Å². The Labute approximate surface area is 350 Å². The first-order chi connectivity index (χ1) is 27.7. The summed E-state index contributed by atoms with van der Waals surface area (Å²) in [5.41, 5.74) is 5.36. The summed E-state index contributed by atoms with van der Waals surface area (Å²) < 4.78 is 33.4. The molecule has 3 unspecified atom stereocenters. The maximum absolute atomic E-state index is 12.7. The van der Waals surface area contributed by atoms with Gasteiger partial charge in [-0.25, -0.2) is 4.57 Å². The number of rotatable bonds is 47. The van der Waals surface area contributed by atoms with Crippen molar-refractivity contribution in [1.29, 1.82) is 0 Å². The number of aliphatic carboxylic acids is 1.